The van der Waals surface area contributed by atoms with Crippen molar-refractivity contribution in [1.29, 1.82) is 0 Å². The first-order valence-electron chi connectivity index (χ1n) is 7.37. The second-order valence-corrected chi connectivity index (χ2v) is 6.90. The second kappa shape index (κ2) is 8.48. The predicted molar refractivity (Wildman–Crippen MR) is 96.7 cm³/mol. The number of aryl methyl sites for hydroxylation is 1. The normalized spacial score (nSPS) is 11.0. The van der Waals surface area contributed by atoms with Gasteiger partial charge in [0.15, 0.2) is 0 Å². The molecule has 2 aromatic carbocycles. The minimum absolute atomic E-state index is 0.109. The van der Waals surface area contributed by atoms with Crippen molar-refractivity contribution in [3.63, 3.8) is 0 Å². The van der Waals surface area contributed by atoms with Crippen LogP contribution in [0.3, 0.4) is 0 Å². The van der Waals surface area contributed by atoms with Gasteiger partial charge in [-0.25, -0.2) is 0 Å². The number of carboxylic acid groups (broad SMARTS) is 1. The molecule has 2 aromatic rings. The minimum atomic E-state index is -0.792. The van der Waals surface area contributed by atoms with E-state index in [4.69, 9.17) is 16.7 Å². The Morgan fingerprint density at radius 2 is 2.00 bits per heavy atom. The maximum absolute atomic E-state index is 10.9. The molecule has 0 heterocycles. The molecule has 0 aromatic heterocycles. The average Bonchev–Trinajstić information content (AvgIpc) is 2.48. The topological polar surface area (TPSA) is 40.5 Å². The summed E-state index contributed by atoms with van der Waals surface area (Å²) in [6.45, 7) is 3.80. The van der Waals surface area contributed by atoms with Gasteiger partial charge < -0.3 is 5.11 Å². The maximum atomic E-state index is 10.9. The Kier molecular flexibility index (Phi) is 6.63. The summed E-state index contributed by atoms with van der Waals surface area (Å²) in [6.07, 6.45) is 0.109. The third-order valence-electron chi connectivity index (χ3n) is 3.53. The fourth-order valence-corrected chi connectivity index (χ4v) is 3.05. The van der Waals surface area contributed by atoms with Crippen LogP contribution in [0.4, 0.5) is 0 Å². The first kappa shape index (κ1) is 18.0. The summed E-state index contributed by atoms with van der Waals surface area (Å²) >= 11 is 9.75. The summed E-state index contributed by atoms with van der Waals surface area (Å²) in [7, 11) is 0. The lowest BCUT2D eigenvalue weighted by Crippen LogP contribution is -2.26. The van der Waals surface area contributed by atoms with Gasteiger partial charge in [-0.1, -0.05) is 57.4 Å². The summed E-state index contributed by atoms with van der Waals surface area (Å²) in [6, 6.07) is 14.0. The van der Waals surface area contributed by atoms with Crippen molar-refractivity contribution in [1.82, 2.24) is 4.90 Å². The van der Waals surface area contributed by atoms with Crippen LogP contribution in [-0.2, 0) is 17.9 Å². The van der Waals surface area contributed by atoms with Crippen LogP contribution in [0.1, 0.15) is 23.1 Å². The SMILES string of the molecule is Cc1ccc(Cl)c(CN(CCC(=O)O)Cc2cccc(Br)c2)c1. The number of hydrogen-bond acceptors (Lipinski definition) is 2. The van der Waals surface area contributed by atoms with Crippen LogP contribution in [0, 0.1) is 6.92 Å². The van der Waals surface area contributed by atoms with E-state index in [9.17, 15) is 4.79 Å². The van der Waals surface area contributed by atoms with Gasteiger partial charge >= 0.3 is 5.97 Å². The van der Waals surface area contributed by atoms with Gasteiger partial charge in [-0.15, -0.1) is 0 Å². The molecule has 122 valence electrons. The summed E-state index contributed by atoms with van der Waals surface area (Å²) in [4.78, 5) is 13.0. The van der Waals surface area contributed by atoms with Gasteiger partial charge in [0.1, 0.15) is 0 Å². The van der Waals surface area contributed by atoms with Crippen LogP contribution >= 0.6 is 27.5 Å². The lowest BCUT2D eigenvalue weighted by Gasteiger charge is -2.23. The van der Waals surface area contributed by atoms with E-state index in [1.165, 1.54) is 0 Å². The lowest BCUT2D eigenvalue weighted by atomic mass is 10.1. The number of benzene rings is 2. The van der Waals surface area contributed by atoms with Gasteiger partial charge in [0.2, 0.25) is 0 Å². The molecule has 5 heteroatoms. The molecule has 0 radical (unpaired) electrons. The molecule has 0 bridgehead atoms. The summed E-state index contributed by atoms with van der Waals surface area (Å²) in [5.74, 6) is -0.792. The highest BCUT2D eigenvalue weighted by Gasteiger charge is 2.12. The molecule has 2 rings (SSSR count). The third-order valence-corrected chi connectivity index (χ3v) is 4.39. The Hall–Kier alpha value is -1.36. The Balaban J connectivity index is 2.16. The van der Waals surface area contributed by atoms with Gasteiger partial charge in [0.05, 0.1) is 6.42 Å². The zero-order valence-electron chi connectivity index (χ0n) is 12.9. The molecule has 23 heavy (non-hydrogen) atoms. The molecular weight excluding hydrogens is 378 g/mol. The van der Waals surface area contributed by atoms with Crippen molar-refractivity contribution in [2.24, 2.45) is 0 Å². The molecular formula is C18H19BrClNO2. The molecule has 0 saturated carbocycles. The molecule has 0 unspecified atom stereocenters. The van der Waals surface area contributed by atoms with Gasteiger partial charge in [0, 0.05) is 29.1 Å². The van der Waals surface area contributed by atoms with Crippen molar-refractivity contribution in [3.05, 3.63) is 68.7 Å². The number of rotatable bonds is 7. The quantitative estimate of drug-likeness (QED) is 0.724. The number of halogens is 2. The number of carboxylic acids is 1. The molecule has 0 fully saturated rings. The molecule has 0 spiro atoms. The first-order chi connectivity index (χ1) is 10.9. The summed E-state index contributed by atoms with van der Waals surface area (Å²) in [5.41, 5.74) is 3.30. The molecule has 0 aliphatic carbocycles. The van der Waals surface area contributed by atoms with E-state index >= 15 is 0 Å². The molecule has 0 saturated heterocycles. The van der Waals surface area contributed by atoms with Crippen LogP contribution in [0.5, 0.6) is 0 Å². The fourth-order valence-electron chi connectivity index (χ4n) is 2.43. The van der Waals surface area contributed by atoms with E-state index in [-0.39, 0.29) is 6.42 Å². The molecule has 0 amide bonds. The number of aliphatic carboxylic acids is 1. The van der Waals surface area contributed by atoms with Gasteiger partial charge in [-0.3, -0.25) is 9.69 Å². The Labute approximate surface area is 150 Å². The van der Waals surface area contributed by atoms with E-state index in [0.29, 0.717) is 24.7 Å². The zero-order chi connectivity index (χ0) is 16.8. The van der Waals surface area contributed by atoms with E-state index in [2.05, 4.69) is 26.9 Å². The number of nitrogens with zero attached hydrogens (tertiary/aromatic N) is 1. The molecule has 3 nitrogen and oxygen atoms in total. The molecule has 0 aliphatic rings. The summed E-state index contributed by atoms with van der Waals surface area (Å²) in [5, 5.41) is 9.69. The summed E-state index contributed by atoms with van der Waals surface area (Å²) < 4.78 is 1.02. The monoisotopic (exact) mass is 395 g/mol. The largest absolute Gasteiger partial charge is 0.481 e. The molecule has 0 atom stereocenters. The second-order valence-electron chi connectivity index (χ2n) is 5.58. The van der Waals surface area contributed by atoms with Gasteiger partial charge in [0.25, 0.3) is 0 Å². The third kappa shape index (κ3) is 5.98. The van der Waals surface area contributed by atoms with Crippen molar-refractivity contribution in [2.45, 2.75) is 26.4 Å². The van der Waals surface area contributed by atoms with E-state index in [1.807, 2.05) is 43.3 Å². The molecule has 1 N–H and O–H groups in total. The van der Waals surface area contributed by atoms with Crippen LogP contribution in [0.2, 0.25) is 5.02 Å². The Morgan fingerprint density at radius 3 is 2.70 bits per heavy atom. The highest BCUT2D eigenvalue weighted by molar-refractivity contribution is 9.10. The van der Waals surface area contributed by atoms with Crippen LogP contribution in [0.15, 0.2) is 46.9 Å². The Morgan fingerprint density at radius 1 is 1.22 bits per heavy atom. The van der Waals surface area contributed by atoms with Crippen molar-refractivity contribution < 1.29 is 9.90 Å². The highest BCUT2D eigenvalue weighted by atomic mass is 79.9. The van der Waals surface area contributed by atoms with Crippen LogP contribution in [-0.4, -0.2) is 22.5 Å². The molecule has 0 aliphatic heterocycles. The van der Waals surface area contributed by atoms with Crippen molar-refractivity contribution in [3.8, 4) is 0 Å². The fraction of sp³-hybridized carbons (Fsp3) is 0.278. The number of carbonyl (C=O) groups is 1. The first-order valence-corrected chi connectivity index (χ1v) is 8.55. The van der Waals surface area contributed by atoms with Crippen LogP contribution in [0.25, 0.3) is 0 Å². The van der Waals surface area contributed by atoms with Gasteiger partial charge in [-0.05, 0) is 36.2 Å². The zero-order valence-corrected chi connectivity index (χ0v) is 15.3. The minimum Gasteiger partial charge on any atom is -0.481 e. The van der Waals surface area contributed by atoms with Crippen molar-refractivity contribution >= 4 is 33.5 Å². The number of hydrogen-bond donors (Lipinski definition) is 1. The van der Waals surface area contributed by atoms with E-state index < -0.39 is 5.97 Å². The van der Waals surface area contributed by atoms with Crippen molar-refractivity contribution in [2.75, 3.05) is 6.54 Å². The smallest absolute Gasteiger partial charge is 0.304 e. The average molecular weight is 397 g/mol. The standard InChI is InChI=1S/C18H19BrClNO2/c1-13-5-6-17(20)15(9-13)12-21(8-7-18(22)23)11-14-3-2-4-16(19)10-14/h2-6,9-10H,7-8,11-12H2,1H3,(H,22,23). The predicted octanol–water partition coefficient (Wildman–Crippen LogP) is 4.89. The van der Waals surface area contributed by atoms with Crippen LogP contribution < -0.4 is 0 Å². The van der Waals surface area contributed by atoms with Gasteiger partial charge in [-0.2, -0.15) is 0 Å². The van der Waals surface area contributed by atoms with E-state index in [1.54, 1.807) is 0 Å². The maximum Gasteiger partial charge on any atom is 0.304 e. The van der Waals surface area contributed by atoms with E-state index in [0.717, 1.165) is 21.2 Å². The lowest BCUT2D eigenvalue weighted by molar-refractivity contribution is -0.137. The highest BCUT2D eigenvalue weighted by Crippen LogP contribution is 2.21. The Bertz CT molecular complexity index is 690.